The van der Waals surface area contributed by atoms with Gasteiger partial charge in [-0.3, -0.25) is 4.79 Å². The normalized spacial score (nSPS) is 17.3. The lowest BCUT2D eigenvalue weighted by molar-refractivity contribution is 0.0797. The molecule has 4 aromatic rings. The van der Waals surface area contributed by atoms with Gasteiger partial charge in [0.05, 0.1) is 11.5 Å². The van der Waals surface area contributed by atoms with Crippen LogP contribution in [0.5, 0.6) is 5.75 Å². The second kappa shape index (κ2) is 10.6. The minimum Gasteiger partial charge on any atom is -0.493 e. The molecule has 0 bridgehead atoms. The third-order valence-electron chi connectivity index (χ3n) is 7.83. The number of thiophene rings is 1. The number of fused-ring (bicyclic) bond motifs is 2. The van der Waals surface area contributed by atoms with Crippen molar-refractivity contribution < 1.29 is 9.53 Å². The molecule has 6 rings (SSSR count). The second-order valence-corrected chi connectivity index (χ2v) is 11.3. The van der Waals surface area contributed by atoms with Gasteiger partial charge in [0.15, 0.2) is 0 Å². The van der Waals surface area contributed by atoms with Crippen molar-refractivity contribution in [2.75, 3.05) is 39.3 Å². The monoisotopic (exact) mass is 498 g/mol. The number of carbonyl (C=O) groups is 1. The fourth-order valence-electron chi connectivity index (χ4n) is 5.76. The second-order valence-electron chi connectivity index (χ2n) is 10.2. The van der Waals surface area contributed by atoms with Crippen LogP contribution in [0.15, 0.2) is 66.7 Å². The fourth-order valence-corrected chi connectivity index (χ4v) is 6.81. The van der Waals surface area contributed by atoms with Crippen LogP contribution in [0.1, 0.15) is 53.3 Å². The van der Waals surface area contributed by atoms with Crippen LogP contribution < -0.4 is 4.74 Å². The van der Waals surface area contributed by atoms with Crippen LogP contribution in [0.3, 0.4) is 0 Å². The molecular formula is C31H34N2O2S. The van der Waals surface area contributed by atoms with Gasteiger partial charge < -0.3 is 14.5 Å². The van der Waals surface area contributed by atoms with E-state index < -0.39 is 0 Å². The number of hydrogen-bond acceptors (Lipinski definition) is 4. The number of likely N-dealkylation sites (tertiary alicyclic amines) is 2. The summed E-state index contributed by atoms with van der Waals surface area (Å²) >= 11 is 1.59. The Balaban J connectivity index is 0.995. The van der Waals surface area contributed by atoms with E-state index in [1.54, 1.807) is 11.3 Å². The van der Waals surface area contributed by atoms with E-state index in [1.165, 1.54) is 29.2 Å². The molecule has 0 unspecified atom stereocenters. The van der Waals surface area contributed by atoms with Crippen molar-refractivity contribution in [1.82, 2.24) is 9.80 Å². The molecule has 186 valence electrons. The number of rotatable bonds is 7. The highest BCUT2D eigenvalue weighted by atomic mass is 32.1. The van der Waals surface area contributed by atoms with Crippen LogP contribution in [0.25, 0.3) is 20.9 Å². The lowest BCUT2D eigenvalue weighted by atomic mass is 9.88. The number of ether oxygens (including phenoxy) is 1. The van der Waals surface area contributed by atoms with Gasteiger partial charge in [-0.2, -0.15) is 0 Å². The molecule has 2 aliphatic rings. The van der Waals surface area contributed by atoms with E-state index in [2.05, 4.69) is 53.4 Å². The van der Waals surface area contributed by atoms with Gasteiger partial charge in [-0.25, -0.2) is 0 Å². The summed E-state index contributed by atoms with van der Waals surface area (Å²) in [5.74, 6) is 1.74. The predicted octanol–water partition coefficient (Wildman–Crippen LogP) is 6.94. The number of piperidine rings is 1. The summed E-state index contributed by atoms with van der Waals surface area (Å²) in [6.45, 7) is 5.85. The first kappa shape index (κ1) is 23.5. The van der Waals surface area contributed by atoms with E-state index >= 15 is 0 Å². The number of benzene rings is 3. The number of carbonyl (C=O) groups excluding carboxylic acids is 1. The van der Waals surface area contributed by atoms with Crippen LogP contribution in [-0.2, 0) is 0 Å². The van der Waals surface area contributed by atoms with E-state index in [-0.39, 0.29) is 5.91 Å². The highest BCUT2D eigenvalue weighted by Gasteiger charge is 2.23. The van der Waals surface area contributed by atoms with Crippen molar-refractivity contribution in [2.45, 2.75) is 38.0 Å². The van der Waals surface area contributed by atoms with Crippen molar-refractivity contribution in [3.05, 3.63) is 77.2 Å². The first-order chi connectivity index (χ1) is 17.7. The average molecular weight is 499 g/mol. The smallest absolute Gasteiger partial charge is 0.263 e. The first-order valence-corrected chi connectivity index (χ1v) is 14.2. The Bertz CT molecular complexity index is 1350. The maximum atomic E-state index is 12.8. The van der Waals surface area contributed by atoms with Gasteiger partial charge in [-0.1, -0.05) is 48.5 Å². The van der Waals surface area contributed by atoms with Gasteiger partial charge in [0.25, 0.3) is 5.91 Å². The zero-order valence-electron chi connectivity index (χ0n) is 20.8. The van der Waals surface area contributed by atoms with Gasteiger partial charge in [-0.15, -0.1) is 11.3 Å². The average Bonchev–Trinajstić information content (AvgIpc) is 3.62. The minimum atomic E-state index is 0.173. The molecular weight excluding hydrogens is 464 g/mol. The quantitative estimate of drug-likeness (QED) is 0.259. The molecule has 36 heavy (non-hydrogen) atoms. The minimum absolute atomic E-state index is 0.173. The Kier molecular flexibility index (Phi) is 6.93. The van der Waals surface area contributed by atoms with E-state index in [4.69, 9.17) is 4.74 Å². The molecule has 2 saturated heterocycles. The lowest BCUT2D eigenvalue weighted by Crippen LogP contribution is -2.34. The summed E-state index contributed by atoms with van der Waals surface area (Å²) in [5, 5.41) is 3.75. The van der Waals surface area contributed by atoms with Crippen molar-refractivity contribution in [3.8, 4) is 5.75 Å². The molecule has 4 nitrogen and oxygen atoms in total. The molecule has 0 spiro atoms. The third kappa shape index (κ3) is 5.00. The van der Waals surface area contributed by atoms with Crippen molar-refractivity contribution in [2.24, 2.45) is 0 Å². The molecule has 1 amide bonds. The Morgan fingerprint density at radius 2 is 1.69 bits per heavy atom. The summed E-state index contributed by atoms with van der Waals surface area (Å²) in [7, 11) is 0. The molecule has 0 atom stereocenters. The first-order valence-electron chi connectivity index (χ1n) is 13.4. The van der Waals surface area contributed by atoms with E-state index in [0.29, 0.717) is 12.5 Å². The van der Waals surface area contributed by atoms with Gasteiger partial charge in [0.2, 0.25) is 0 Å². The Hall–Kier alpha value is -2.89. The maximum absolute atomic E-state index is 12.8. The van der Waals surface area contributed by atoms with E-state index in [1.807, 2.05) is 23.1 Å². The molecule has 1 aromatic heterocycles. The Morgan fingerprint density at radius 3 is 2.53 bits per heavy atom. The SMILES string of the molecule is O=C(c1cc2c(OCCCN3CCC(c4ccc5ccccc5c4)CC3)cccc2s1)N1CCCC1. The van der Waals surface area contributed by atoms with E-state index in [0.717, 1.165) is 72.7 Å². The van der Waals surface area contributed by atoms with Crippen LogP contribution in [0.2, 0.25) is 0 Å². The van der Waals surface area contributed by atoms with Crippen LogP contribution >= 0.6 is 11.3 Å². The number of nitrogens with zero attached hydrogens (tertiary/aromatic N) is 2. The van der Waals surface area contributed by atoms with Crippen LogP contribution in [-0.4, -0.2) is 55.0 Å². The molecule has 0 radical (unpaired) electrons. The van der Waals surface area contributed by atoms with Crippen molar-refractivity contribution in [3.63, 3.8) is 0 Å². The zero-order valence-corrected chi connectivity index (χ0v) is 21.6. The Labute approximate surface area is 217 Å². The van der Waals surface area contributed by atoms with Crippen molar-refractivity contribution >= 4 is 38.1 Å². The van der Waals surface area contributed by atoms with Gasteiger partial charge in [0, 0.05) is 29.7 Å². The standard InChI is InChI=1S/C31H34N2O2S/c34-31(33-16-3-4-17-33)30-22-27-28(9-5-10-29(27)36-30)35-20-6-15-32-18-13-24(14-19-32)26-12-11-23-7-1-2-8-25(23)21-26/h1-2,5,7-12,21-22,24H,3-4,6,13-20H2. The van der Waals surface area contributed by atoms with Gasteiger partial charge in [-0.05, 0) is 85.6 Å². The summed E-state index contributed by atoms with van der Waals surface area (Å²) in [5.41, 5.74) is 1.49. The fraction of sp³-hybridized carbons (Fsp3) is 0.387. The summed E-state index contributed by atoms with van der Waals surface area (Å²) in [6, 6.07) is 23.8. The summed E-state index contributed by atoms with van der Waals surface area (Å²) < 4.78 is 7.35. The summed E-state index contributed by atoms with van der Waals surface area (Å²) in [6.07, 6.45) is 5.70. The topological polar surface area (TPSA) is 32.8 Å². The zero-order chi connectivity index (χ0) is 24.3. The molecule has 0 aliphatic carbocycles. The molecule has 0 saturated carbocycles. The maximum Gasteiger partial charge on any atom is 0.263 e. The highest BCUT2D eigenvalue weighted by Crippen LogP contribution is 2.34. The molecule has 2 fully saturated rings. The summed E-state index contributed by atoms with van der Waals surface area (Å²) in [4.78, 5) is 18.2. The van der Waals surface area contributed by atoms with Crippen molar-refractivity contribution in [1.29, 1.82) is 0 Å². The molecule has 5 heteroatoms. The Morgan fingerprint density at radius 1 is 0.889 bits per heavy atom. The molecule has 0 N–H and O–H groups in total. The number of amides is 1. The largest absolute Gasteiger partial charge is 0.493 e. The predicted molar refractivity (Wildman–Crippen MR) is 149 cm³/mol. The number of hydrogen-bond donors (Lipinski definition) is 0. The van der Waals surface area contributed by atoms with Crippen LogP contribution in [0, 0.1) is 0 Å². The van der Waals surface area contributed by atoms with E-state index in [9.17, 15) is 4.79 Å². The van der Waals surface area contributed by atoms with Gasteiger partial charge in [0.1, 0.15) is 5.75 Å². The highest BCUT2D eigenvalue weighted by molar-refractivity contribution is 7.20. The van der Waals surface area contributed by atoms with Crippen LogP contribution in [0.4, 0.5) is 0 Å². The third-order valence-corrected chi connectivity index (χ3v) is 8.92. The molecule has 3 aromatic carbocycles. The molecule has 3 heterocycles. The van der Waals surface area contributed by atoms with Gasteiger partial charge >= 0.3 is 0 Å². The molecule has 2 aliphatic heterocycles. The lowest BCUT2D eigenvalue weighted by Gasteiger charge is -2.32.